The van der Waals surface area contributed by atoms with Crippen LogP contribution < -0.4 is 21.3 Å². The fourth-order valence-corrected chi connectivity index (χ4v) is 19.4. The van der Waals surface area contributed by atoms with Crippen LogP contribution >= 0.6 is 0 Å². The van der Waals surface area contributed by atoms with Gasteiger partial charge in [0, 0.05) is 87.8 Å². The molecule has 5 nitrogen and oxygen atoms in total. The van der Waals surface area contributed by atoms with Crippen molar-refractivity contribution in [1.29, 1.82) is 0 Å². The molecule has 0 N–H and O–H groups in total. The van der Waals surface area contributed by atoms with E-state index in [1.165, 1.54) is 49.2 Å². The highest BCUT2D eigenvalue weighted by Crippen LogP contribution is 2.52. The maximum Gasteiger partial charge on any atom is 0.252 e. The van der Waals surface area contributed by atoms with Gasteiger partial charge in [0.05, 0.1) is 56.7 Å². The van der Waals surface area contributed by atoms with Gasteiger partial charge in [-0.25, -0.2) is 0 Å². The summed E-state index contributed by atoms with van der Waals surface area (Å²) in [7, 11) is 0. The van der Waals surface area contributed by atoms with Crippen LogP contribution in [0.1, 0.15) is 112 Å². The summed E-state index contributed by atoms with van der Waals surface area (Å²) in [5.41, 5.74) is 26.7. The molecule has 22 rings (SSSR count). The average molecular weight is 1450 g/mol. The first-order chi connectivity index (χ1) is 56.2. The van der Waals surface area contributed by atoms with Crippen LogP contribution in [0.25, 0.3) is 164 Å². The van der Waals surface area contributed by atoms with Crippen molar-refractivity contribution in [2.75, 3.05) is 4.90 Å². The normalized spacial score (nSPS) is 13.9. The van der Waals surface area contributed by atoms with E-state index in [9.17, 15) is 2.74 Å². The maximum absolute atomic E-state index is 9.58. The van der Waals surface area contributed by atoms with Gasteiger partial charge in [-0.15, -0.1) is 0 Å². The van der Waals surface area contributed by atoms with E-state index < -0.39 is 12.8 Å². The van der Waals surface area contributed by atoms with Crippen LogP contribution in [0.4, 0.5) is 17.1 Å². The summed E-state index contributed by atoms with van der Waals surface area (Å²) in [6.45, 7) is 27.2. The summed E-state index contributed by atoms with van der Waals surface area (Å²) in [6.07, 6.45) is 0. The van der Waals surface area contributed by atoms with E-state index in [-0.39, 0.29) is 51.4 Å². The average Bonchev–Trinajstić information content (AvgIpc) is 1.54. The van der Waals surface area contributed by atoms with E-state index in [0.29, 0.717) is 5.56 Å². The van der Waals surface area contributed by atoms with Crippen LogP contribution in [0.5, 0.6) is 0 Å². The van der Waals surface area contributed by atoms with Gasteiger partial charge in [0.15, 0.2) is 0 Å². The van der Waals surface area contributed by atoms with E-state index in [0.717, 1.165) is 160 Å². The number of fused-ring (bicyclic) bond motifs is 24. The molecule has 0 unspecified atom stereocenters. The number of aromatic nitrogens is 4. The lowest BCUT2D eigenvalue weighted by Crippen LogP contribution is -2.60. The minimum atomic E-state index is -0.424. The van der Waals surface area contributed by atoms with E-state index >= 15 is 0 Å². The molecule has 15 aromatic carbocycles. The Morgan fingerprint density at radius 1 is 0.268 bits per heavy atom. The maximum atomic E-state index is 9.58. The number of rotatable bonds is 5. The molecule has 112 heavy (non-hydrogen) atoms. The molecule has 0 radical (unpaired) electrons. The quantitative estimate of drug-likeness (QED) is 0.157. The zero-order valence-corrected chi connectivity index (χ0v) is 65.3. The molecular weight excluding hydrogens is 1350 g/mol. The summed E-state index contributed by atoms with van der Waals surface area (Å²) < 4.78 is 56.3. The lowest BCUT2D eigenvalue weighted by atomic mass is 9.33. The Bertz CT molecular complexity index is 7690. The molecule has 538 valence electrons. The molecule has 5 aromatic heterocycles. The van der Waals surface area contributed by atoms with Gasteiger partial charge in [-0.05, 0) is 213 Å². The second kappa shape index (κ2) is 23.5. The Labute approximate surface area is 660 Å². The Balaban J connectivity index is 0.959. The van der Waals surface area contributed by atoms with Gasteiger partial charge in [0.1, 0.15) is 0 Å². The molecule has 0 spiro atoms. The fourth-order valence-electron chi connectivity index (χ4n) is 19.4. The zero-order valence-electron chi connectivity index (χ0n) is 70.3. The minimum Gasteiger partial charge on any atom is -0.311 e. The molecule has 20 aromatic rings. The molecule has 0 fully saturated rings. The number of benzene rings is 15. The van der Waals surface area contributed by atoms with Gasteiger partial charge < -0.3 is 23.0 Å². The molecule has 2 aliphatic rings. The van der Waals surface area contributed by atoms with E-state index in [2.05, 4.69) is 373 Å². The second-order valence-corrected chi connectivity index (χ2v) is 35.7. The summed E-state index contributed by atoms with van der Waals surface area (Å²) in [5, 5.41) is 15.7. The Kier molecular flexibility index (Phi) is 12.8. The summed E-state index contributed by atoms with van der Waals surface area (Å²) in [5.74, 6) is 0. The van der Waals surface area contributed by atoms with Crippen LogP contribution in [0.2, 0.25) is 0 Å². The first-order valence-electron chi connectivity index (χ1n) is 42.1. The first-order valence-corrected chi connectivity index (χ1v) is 39.6. The zero-order chi connectivity index (χ0) is 80.3. The van der Waals surface area contributed by atoms with Crippen molar-refractivity contribution in [2.24, 2.45) is 0 Å². The third-order valence-corrected chi connectivity index (χ3v) is 25.0. The van der Waals surface area contributed by atoms with E-state index in [1.807, 2.05) is 6.07 Å². The highest BCUT2D eigenvalue weighted by molar-refractivity contribution is 7.00. The number of hydrogen-bond donors (Lipinski definition) is 0. The standard InChI is InChI=1S/C106H86BN5/c1-103(2,3)67-41-50-90-82(55-67)83-56-68(104(4,5)6)42-51-91(83)108(90)72-47-48-87-95(61-72)110(71-45-38-65(39-46-71)63-26-15-13-16-27-63)102-98-80-36-25-35-79-77-33-22-20-31-75(77)74-30-19-21-32-76(74)78-34-23-24-37-89(78)111(100(79)80)96(98)62-97-99(102)107(87)88-60-73(59-86-81-54-66(64-28-17-14-18-29-64)40-49-94(81)112(97)101(86)88)109-92-52-43-69(105(7,8)9)57-84(92)85-58-70(106(10,11)12)44-53-93(85)109/h13-62H,1-12H3/i14D,17D,18D,28D,29D. The molecule has 0 saturated carbocycles. The van der Waals surface area contributed by atoms with Crippen LogP contribution in [0.15, 0.2) is 303 Å². The molecular formula is C106H86BN5. The number of para-hydroxylation sites is 2. The third kappa shape index (κ3) is 9.63. The highest BCUT2D eigenvalue weighted by Gasteiger charge is 2.45. The molecule has 0 bridgehead atoms. The SMILES string of the molecule is [2H]c1c([2H])c([2H])c(-c2ccc3c(c2)c2cc(-n4c5ccc(C(C)(C)C)cc5c5cc(C(C)(C)C)ccc54)cc4c2n3-c2cc3c(c5c2B4c2ccc(-n4c6ccc(C(C)(C)C)cc6c6cc(C(C)(C)C)ccc64)cc2N5c2ccc(-c4ccccc4)cc2)c2cccc4c5ccccc5c5ccccc5c5ccccc5n3c42)c([2H])c1[2H]. The minimum absolute atomic E-state index is 0.102. The Hall–Kier alpha value is -12.6. The second-order valence-electron chi connectivity index (χ2n) is 35.7. The first kappa shape index (κ1) is 61.2. The van der Waals surface area contributed by atoms with Gasteiger partial charge in [0.2, 0.25) is 0 Å². The molecule has 7 heterocycles. The van der Waals surface area contributed by atoms with Crippen molar-refractivity contribution in [3.05, 3.63) is 325 Å². The summed E-state index contributed by atoms with van der Waals surface area (Å²) in [4.78, 5) is 2.63. The van der Waals surface area contributed by atoms with Gasteiger partial charge >= 0.3 is 0 Å². The topological polar surface area (TPSA) is 22.4 Å². The van der Waals surface area contributed by atoms with Crippen molar-refractivity contribution in [2.45, 2.75) is 105 Å². The summed E-state index contributed by atoms with van der Waals surface area (Å²) >= 11 is 0. The Morgan fingerprint density at radius 3 is 1.29 bits per heavy atom. The van der Waals surface area contributed by atoms with Crippen molar-refractivity contribution in [1.82, 2.24) is 18.1 Å². The predicted molar refractivity (Wildman–Crippen MR) is 482 cm³/mol. The number of hydrogen-bond acceptors (Lipinski definition) is 1. The molecule has 0 atom stereocenters. The van der Waals surface area contributed by atoms with Crippen LogP contribution in [-0.4, -0.2) is 24.8 Å². The molecule has 0 amide bonds. The third-order valence-electron chi connectivity index (χ3n) is 25.0. The largest absolute Gasteiger partial charge is 0.311 e. The molecule has 6 heteroatoms. The molecule has 0 aliphatic carbocycles. The lowest BCUT2D eigenvalue weighted by Gasteiger charge is -2.41. The monoisotopic (exact) mass is 1440 g/mol. The molecule has 0 saturated heterocycles. The predicted octanol–water partition coefficient (Wildman–Crippen LogP) is 26.7. The van der Waals surface area contributed by atoms with Gasteiger partial charge in [-0.3, -0.25) is 0 Å². The van der Waals surface area contributed by atoms with Gasteiger partial charge in [-0.2, -0.15) is 0 Å². The van der Waals surface area contributed by atoms with Crippen molar-refractivity contribution in [3.8, 4) is 39.3 Å². The van der Waals surface area contributed by atoms with Crippen LogP contribution in [-0.2, 0) is 21.7 Å². The molecule has 2 aliphatic heterocycles. The van der Waals surface area contributed by atoms with Crippen molar-refractivity contribution in [3.63, 3.8) is 0 Å². The van der Waals surface area contributed by atoms with Crippen molar-refractivity contribution < 1.29 is 6.85 Å². The number of nitrogens with zero attached hydrogens (tertiary/aromatic N) is 5. The lowest BCUT2D eigenvalue weighted by molar-refractivity contribution is 0.590. The Morgan fingerprint density at radius 2 is 0.723 bits per heavy atom. The van der Waals surface area contributed by atoms with Crippen LogP contribution in [0.3, 0.4) is 0 Å². The number of anilines is 3. The van der Waals surface area contributed by atoms with Gasteiger partial charge in [0.25, 0.3) is 6.71 Å². The van der Waals surface area contributed by atoms with Crippen molar-refractivity contribution >= 4 is 165 Å². The van der Waals surface area contributed by atoms with Gasteiger partial charge in [-0.1, -0.05) is 277 Å². The van der Waals surface area contributed by atoms with Crippen LogP contribution in [0, 0.1) is 0 Å². The summed E-state index contributed by atoms with van der Waals surface area (Å²) in [6, 6.07) is 102. The van der Waals surface area contributed by atoms with E-state index in [1.54, 1.807) is 0 Å². The van der Waals surface area contributed by atoms with E-state index in [4.69, 9.17) is 4.11 Å². The smallest absolute Gasteiger partial charge is 0.252 e. The highest BCUT2D eigenvalue weighted by atomic mass is 15.2. The fraction of sp³-hybridized carbons (Fsp3) is 0.151.